The summed E-state index contributed by atoms with van der Waals surface area (Å²) in [5, 5.41) is 2.23. The van der Waals surface area contributed by atoms with Crippen LogP contribution in [-0.4, -0.2) is 42.7 Å². The van der Waals surface area contributed by atoms with Gasteiger partial charge in [0.2, 0.25) is 5.71 Å². The SMILES string of the molecule is CCOc1ccc(C2=[N+](C)N(C)CC2)cc1. The third-order valence-corrected chi connectivity index (χ3v) is 3.07. The first kappa shape index (κ1) is 11.0. The van der Waals surface area contributed by atoms with Crippen LogP contribution >= 0.6 is 0 Å². The van der Waals surface area contributed by atoms with Gasteiger partial charge in [-0.1, -0.05) is 0 Å². The summed E-state index contributed by atoms with van der Waals surface area (Å²) in [4.78, 5) is 0. The van der Waals surface area contributed by atoms with Crippen molar-refractivity contribution in [3.8, 4) is 5.75 Å². The van der Waals surface area contributed by atoms with Crippen molar-refractivity contribution in [1.82, 2.24) is 5.01 Å². The van der Waals surface area contributed by atoms with Crippen LogP contribution in [0.2, 0.25) is 0 Å². The molecule has 3 nitrogen and oxygen atoms in total. The number of hydrogen-bond acceptors (Lipinski definition) is 2. The minimum Gasteiger partial charge on any atom is -0.494 e. The van der Waals surface area contributed by atoms with Gasteiger partial charge in [-0.2, -0.15) is 5.01 Å². The van der Waals surface area contributed by atoms with Crippen molar-refractivity contribution in [2.24, 2.45) is 0 Å². The standard InChI is InChI=1S/C13H19N2O/c1-4-16-12-7-5-11(6-8-12)13-9-10-14(2)15(13)3/h5-8H,4,9-10H2,1-3H3/q+1. The zero-order valence-corrected chi connectivity index (χ0v) is 10.2. The average Bonchev–Trinajstić information content (AvgIpc) is 2.62. The first-order valence-corrected chi connectivity index (χ1v) is 5.76. The van der Waals surface area contributed by atoms with Crippen LogP contribution in [0.3, 0.4) is 0 Å². The summed E-state index contributed by atoms with van der Waals surface area (Å²) < 4.78 is 7.66. The Bertz CT molecular complexity index is 395. The van der Waals surface area contributed by atoms with Gasteiger partial charge in [0.05, 0.1) is 26.6 Å². The van der Waals surface area contributed by atoms with Gasteiger partial charge in [0.15, 0.2) is 7.05 Å². The van der Waals surface area contributed by atoms with Crippen molar-refractivity contribution in [3.05, 3.63) is 29.8 Å². The van der Waals surface area contributed by atoms with Crippen molar-refractivity contribution in [2.75, 3.05) is 27.2 Å². The highest BCUT2D eigenvalue weighted by atomic mass is 16.5. The van der Waals surface area contributed by atoms with E-state index in [2.05, 4.69) is 35.9 Å². The van der Waals surface area contributed by atoms with Gasteiger partial charge in [0.1, 0.15) is 5.75 Å². The van der Waals surface area contributed by atoms with Gasteiger partial charge in [-0.3, -0.25) is 0 Å². The largest absolute Gasteiger partial charge is 0.494 e. The lowest BCUT2D eigenvalue weighted by molar-refractivity contribution is -0.651. The molecule has 0 saturated carbocycles. The Kier molecular flexibility index (Phi) is 3.13. The highest BCUT2D eigenvalue weighted by molar-refractivity contribution is 5.97. The van der Waals surface area contributed by atoms with Crippen LogP contribution in [0, 0.1) is 0 Å². The van der Waals surface area contributed by atoms with E-state index in [-0.39, 0.29) is 0 Å². The molecule has 3 heteroatoms. The fourth-order valence-corrected chi connectivity index (χ4v) is 2.03. The molecule has 16 heavy (non-hydrogen) atoms. The van der Waals surface area contributed by atoms with E-state index in [1.165, 1.54) is 11.3 Å². The summed E-state index contributed by atoms with van der Waals surface area (Å²) in [5.41, 5.74) is 2.67. The smallest absolute Gasteiger partial charge is 0.214 e. The van der Waals surface area contributed by atoms with Crippen LogP contribution in [-0.2, 0) is 0 Å². The normalized spacial score (nSPS) is 15.8. The lowest BCUT2D eigenvalue weighted by Crippen LogP contribution is -2.24. The minimum absolute atomic E-state index is 0.721. The fraction of sp³-hybridized carbons (Fsp3) is 0.462. The quantitative estimate of drug-likeness (QED) is 0.720. The lowest BCUT2D eigenvalue weighted by Gasteiger charge is -2.05. The molecule has 1 aliphatic rings. The fourth-order valence-electron chi connectivity index (χ4n) is 2.03. The maximum absolute atomic E-state index is 5.44. The van der Waals surface area contributed by atoms with Crippen molar-refractivity contribution in [2.45, 2.75) is 13.3 Å². The van der Waals surface area contributed by atoms with Crippen molar-refractivity contribution >= 4 is 5.71 Å². The van der Waals surface area contributed by atoms with Crippen LogP contribution in [0.5, 0.6) is 5.75 Å². The third-order valence-electron chi connectivity index (χ3n) is 3.07. The maximum atomic E-state index is 5.44. The molecule has 0 unspecified atom stereocenters. The molecule has 0 atom stereocenters. The molecule has 0 fully saturated rings. The maximum Gasteiger partial charge on any atom is 0.214 e. The summed E-state index contributed by atoms with van der Waals surface area (Å²) in [7, 11) is 4.22. The van der Waals surface area contributed by atoms with Crippen molar-refractivity contribution in [3.63, 3.8) is 0 Å². The Balaban J connectivity index is 2.22. The van der Waals surface area contributed by atoms with E-state index in [1.54, 1.807) is 0 Å². The van der Waals surface area contributed by atoms with Gasteiger partial charge in [-0.15, -0.1) is 4.68 Å². The van der Waals surface area contributed by atoms with Gasteiger partial charge < -0.3 is 4.74 Å². The molecule has 1 aromatic rings. The Labute approximate surface area is 96.9 Å². The van der Waals surface area contributed by atoms with Gasteiger partial charge in [0.25, 0.3) is 0 Å². The Morgan fingerprint density at radius 3 is 2.50 bits per heavy atom. The van der Waals surface area contributed by atoms with E-state index in [0.717, 1.165) is 25.3 Å². The molecule has 2 rings (SSSR count). The van der Waals surface area contributed by atoms with Crippen molar-refractivity contribution < 1.29 is 9.42 Å². The predicted octanol–water partition coefficient (Wildman–Crippen LogP) is 1.77. The molecule has 1 aliphatic heterocycles. The third kappa shape index (κ3) is 2.03. The first-order valence-electron chi connectivity index (χ1n) is 5.76. The highest BCUT2D eigenvalue weighted by Crippen LogP contribution is 2.16. The zero-order valence-electron chi connectivity index (χ0n) is 10.2. The van der Waals surface area contributed by atoms with Gasteiger partial charge in [-0.05, 0) is 31.2 Å². The van der Waals surface area contributed by atoms with Crippen molar-refractivity contribution in [1.29, 1.82) is 0 Å². The molecular formula is C13H19N2O+. The number of hydrazone groups is 1. The zero-order chi connectivity index (χ0) is 11.5. The number of hydrazine groups is 1. The van der Waals surface area contributed by atoms with Crippen LogP contribution < -0.4 is 4.74 Å². The molecular weight excluding hydrogens is 200 g/mol. The molecule has 0 radical (unpaired) electrons. The van der Waals surface area contributed by atoms with E-state index in [0.29, 0.717) is 0 Å². The molecule has 0 N–H and O–H groups in total. The van der Waals surface area contributed by atoms with Gasteiger partial charge in [-0.25, -0.2) is 0 Å². The molecule has 0 spiro atoms. The van der Waals surface area contributed by atoms with Crippen LogP contribution in [0.25, 0.3) is 0 Å². The lowest BCUT2D eigenvalue weighted by atomic mass is 10.1. The summed E-state index contributed by atoms with van der Waals surface area (Å²) in [6.07, 6.45) is 1.11. The topological polar surface area (TPSA) is 15.5 Å². The second-order valence-corrected chi connectivity index (χ2v) is 4.06. The molecule has 86 valence electrons. The molecule has 0 amide bonds. The van der Waals surface area contributed by atoms with E-state index in [4.69, 9.17) is 4.74 Å². The van der Waals surface area contributed by atoms with E-state index in [9.17, 15) is 0 Å². The summed E-state index contributed by atoms with van der Waals surface area (Å²) in [5.74, 6) is 0.945. The predicted molar refractivity (Wildman–Crippen MR) is 65.2 cm³/mol. The number of nitrogens with zero attached hydrogens (tertiary/aromatic N) is 2. The van der Waals surface area contributed by atoms with E-state index < -0.39 is 0 Å². The Morgan fingerprint density at radius 2 is 2.00 bits per heavy atom. The summed E-state index contributed by atoms with van der Waals surface area (Å²) in [6, 6.07) is 8.35. The summed E-state index contributed by atoms with van der Waals surface area (Å²) in [6.45, 7) is 3.82. The molecule has 0 aliphatic carbocycles. The second-order valence-electron chi connectivity index (χ2n) is 4.06. The first-order chi connectivity index (χ1) is 7.72. The van der Waals surface area contributed by atoms with Crippen LogP contribution in [0.15, 0.2) is 24.3 Å². The van der Waals surface area contributed by atoms with Crippen LogP contribution in [0.1, 0.15) is 18.9 Å². The Morgan fingerprint density at radius 1 is 1.31 bits per heavy atom. The summed E-state index contributed by atoms with van der Waals surface area (Å²) >= 11 is 0. The highest BCUT2D eigenvalue weighted by Gasteiger charge is 2.25. The molecule has 1 heterocycles. The average molecular weight is 219 g/mol. The number of hydrogen-bond donors (Lipinski definition) is 0. The van der Waals surface area contributed by atoms with Crippen LogP contribution in [0.4, 0.5) is 0 Å². The van der Waals surface area contributed by atoms with Gasteiger partial charge in [0, 0.05) is 5.56 Å². The monoisotopic (exact) mass is 219 g/mol. The Hall–Kier alpha value is -1.51. The number of ether oxygens (including phenoxy) is 1. The number of benzene rings is 1. The van der Waals surface area contributed by atoms with E-state index >= 15 is 0 Å². The molecule has 0 bridgehead atoms. The number of rotatable bonds is 3. The second kappa shape index (κ2) is 4.56. The van der Waals surface area contributed by atoms with Gasteiger partial charge >= 0.3 is 0 Å². The molecule has 0 saturated heterocycles. The molecule has 0 aromatic heterocycles. The van der Waals surface area contributed by atoms with E-state index in [1.807, 2.05) is 19.1 Å². The minimum atomic E-state index is 0.721. The molecule has 1 aromatic carbocycles.